The van der Waals surface area contributed by atoms with Crippen LogP contribution < -0.4 is 16.0 Å². The van der Waals surface area contributed by atoms with Gasteiger partial charge < -0.3 is 4.74 Å². The smallest absolute Gasteiger partial charge is 0.129 e. The van der Waals surface area contributed by atoms with Gasteiger partial charge >= 0.3 is 0 Å². The fraction of sp³-hybridized carbons (Fsp3) is 0.200. The molecule has 2 rings (SSSR count). The van der Waals surface area contributed by atoms with Crippen molar-refractivity contribution in [1.29, 1.82) is 0 Å². The lowest BCUT2D eigenvalue weighted by Gasteiger charge is -2.20. The molecular formula is C15H16BrFN2O. The molecule has 0 radical (unpaired) electrons. The van der Waals surface area contributed by atoms with Crippen molar-refractivity contribution in [1.82, 2.24) is 5.43 Å². The third-order valence-electron chi connectivity index (χ3n) is 3.14. The summed E-state index contributed by atoms with van der Waals surface area (Å²) in [4.78, 5) is 0. The standard InChI is InChI=1S/C15H16BrFN2O/c1-9-3-6-14(20-2)12(7-9)15(19-18)11-5-4-10(16)8-13(11)17/h3-8,15,19H,18H2,1-2H3. The first-order valence-electron chi connectivity index (χ1n) is 6.12. The Morgan fingerprint density at radius 1 is 1.20 bits per heavy atom. The van der Waals surface area contributed by atoms with Crippen LogP contribution in [-0.4, -0.2) is 7.11 Å². The highest BCUT2D eigenvalue weighted by Gasteiger charge is 2.20. The monoisotopic (exact) mass is 338 g/mol. The molecule has 20 heavy (non-hydrogen) atoms. The van der Waals surface area contributed by atoms with Crippen LogP contribution in [0.3, 0.4) is 0 Å². The molecule has 0 aliphatic heterocycles. The largest absolute Gasteiger partial charge is 0.496 e. The summed E-state index contributed by atoms with van der Waals surface area (Å²) in [6, 6.07) is 10.2. The number of hydrogen-bond donors (Lipinski definition) is 2. The Kier molecular flexibility index (Phi) is 4.75. The zero-order valence-corrected chi connectivity index (χ0v) is 12.9. The molecule has 0 bridgehead atoms. The number of halogens is 2. The van der Waals surface area contributed by atoms with Crippen molar-refractivity contribution in [2.24, 2.45) is 5.84 Å². The van der Waals surface area contributed by atoms with E-state index in [0.29, 0.717) is 15.8 Å². The first-order valence-corrected chi connectivity index (χ1v) is 6.91. The van der Waals surface area contributed by atoms with E-state index in [-0.39, 0.29) is 5.82 Å². The molecule has 0 amide bonds. The molecule has 0 aromatic heterocycles. The summed E-state index contributed by atoms with van der Waals surface area (Å²) in [5.41, 5.74) is 4.99. The predicted octanol–water partition coefficient (Wildman–Crippen LogP) is 3.46. The molecule has 0 fully saturated rings. The summed E-state index contributed by atoms with van der Waals surface area (Å²) in [6.45, 7) is 1.97. The van der Waals surface area contributed by atoms with Crippen LogP contribution in [-0.2, 0) is 0 Å². The molecule has 106 valence electrons. The first-order chi connectivity index (χ1) is 9.56. The van der Waals surface area contributed by atoms with Crippen LogP contribution in [0.15, 0.2) is 40.9 Å². The minimum atomic E-state index is -0.474. The van der Waals surface area contributed by atoms with Crippen LogP contribution >= 0.6 is 15.9 Å². The number of hydrogen-bond acceptors (Lipinski definition) is 3. The lowest BCUT2D eigenvalue weighted by atomic mass is 9.96. The van der Waals surface area contributed by atoms with Gasteiger partial charge in [0, 0.05) is 15.6 Å². The zero-order chi connectivity index (χ0) is 14.7. The molecular weight excluding hydrogens is 323 g/mol. The highest BCUT2D eigenvalue weighted by Crippen LogP contribution is 2.32. The Morgan fingerprint density at radius 2 is 1.95 bits per heavy atom. The zero-order valence-electron chi connectivity index (χ0n) is 11.3. The molecule has 0 heterocycles. The van der Waals surface area contributed by atoms with Gasteiger partial charge in [0.25, 0.3) is 0 Å². The quantitative estimate of drug-likeness (QED) is 0.663. The topological polar surface area (TPSA) is 47.3 Å². The Bertz CT molecular complexity index is 619. The van der Waals surface area contributed by atoms with Gasteiger partial charge in [0.1, 0.15) is 11.6 Å². The van der Waals surface area contributed by atoms with Crippen molar-refractivity contribution >= 4 is 15.9 Å². The Hall–Kier alpha value is -1.43. The molecule has 1 atom stereocenters. The van der Waals surface area contributed by atoms with E-state index in [4.69, 9.17) is 10.6 Å². The maximum Gasteiger partial charge on any atom is 0.129 e. The van der Waals surface area contributed by atoms with E-state index in [9.17, 15) is 4.39 Å². The van der Waals surface area contributed by atoms with Gasteiger partial charge in [0.05, 0.1) is 13.2 Å². The van der Waals surface area contributed by atoms with Crippen molar-refractivity contribution in [2.75, 3.05) is 7.11 Å². The lowest BCUT2D eigenvalue weighted by Crippen LogP contribution is -2.30. The molecule has 0 saturated heterocycles. The van der Waals surface area contributed by atoms with E-state index >= 15 is 0 Å². The first kappa shape index (κ1) is 15.0. The van der Waals surface area contributed by atoms with E-state index in [2.05, 4.69) is 21.4 Å². The summed E-state index contributed by atoms with van der Waals surface area (Å²) < 4.78 is 20.2. The van der Waals surface area contributed by atoms with Gasteiger partial charge in [0.15, 0.2) is 0 Å². The number of ether oxygens (including phenoxy) is 1. The van der Waals surface area contributed by atoms with E-state index in [1.54, 1.807) is 19.2 Å². The summed E-state index contributed by atoms with van der Waals surface area (Å²) >= 11 is 3.25. The highest BCUT2D eigenvalue weighted by atomic mass is 79.9. The molecule has 0 saturated carbocycles. The fourth-order valence-electron chi connectivity index (χ4n) is 2.16. The second kappa shape index (κ2) is 6.35. The van der Waals surface area contributed by atoms with E-state index < -0.39 is 6.04 Å². The van der Waals surface area contributed by atoms with Gasteiger partial charge in [-0.1, -0.05) is 39.7 Å². The fourth-order valence-corrected chi connectivity index (χ4v) is 2.50. The summed E-state index contributed by atoms with van der Waals surface area (Å²) in [5.74, 6) is 5.97. The number of nitrogens with two attached hydrogens (primary N) is 1. The van der Waals surface area contributed by atoms with Crippen LogP contribution in [0.5, 0.6) is 5.75 Å². The van der Waals surface area contributed by atoms with Crippen LogP contribution in [0.25, 0.3) is 0 Å². The van der Waals surface area contributed by atoms with Gasteiger partial charge in [0.2, 0.25) is 0 Å². The van der Waals surface area contributed by atoms with Gasteiger partial charge in [-0.2, -0.15) is 0 Å². The van der Waals surface area contributed by atoms with Crippen molar-refractivity contribution in [3.63, 3.8) is 0 Å². The number of nitrogens with one attached hydrogen (secondary N) is 1. The number of hydrazine groups is 1. The number of benzene rings is 2. The number of methoxy groups -OCH3 is 1. The van der Waals surface area contributed by atoms with Crippen LogP contribution in [0.2, 0.25) is 0 Å². The van der Waals surface area contributed by atoms with Gasteiger partial charge in [-0.3, -0.25) is 5.84 Å². The highest BCUT2D eigenvalue weighted by molar-refractivity contribution is 9.10. The molecule has 0 aliphatic carbocycles. The molecule has 2 aromatic rings. The van der Waals surface area contributed by atoms with Crippen LogP contribution in [0.1, 0.15) is 22.7 Å². The lowest BCUT2D eigenvalue weighted by molar-refractivity contribution is 0.403. The third-order valence-corrected chi connectivity index (χ3v) is 3.63. The SMILES string of the molecule is COc1ccc(C)cc1C(NN)c1ccc(Br)cc1F. The van der Waals surface area contributed by atoms with Crippen molar-refractivity contribution in [2.45, 2.75) is 13.0 Å². The maximum atomic E-state index is 14.1. The Balaban J connectivity index is 2.54. The van der Waals surface area contributed by atoms with Crippen molar-refractivity contribution < 1.29 is 9.13 Å². The van der Waals surface area contributed by atoms with Gasteiger partial charge in [-0.15, -0.1) is 0 Å². The van der Waals surface area contributed by atoms with E-state index in [1.165, 1.54) is 6.07 Å². The van der Waals surface area contributed by atoms with Crippen molar-refractivity contribution in [3.8, 4) is 5.75 Å². The molecule has 2 aromatic carbocycles. The molecule has 5 heteroatoms. The van der Waals surface area contributed by atoms with Gasteiger partial charge in [-0.05, 0) is 25.1 Å². The number of rotatable bonds is 4. The average molecular weight is 339 g/mol. The normalized spacial score (nSPS) is 12.2. The summed E-state index contributed by atoms with van der Waals surface area (Å²) in [7, 11) is 1.58. The molecule has 3 nitrogen and oxygen atoms in total. The van der Waals surface area contributed by atoms with Crippen molar-refractivity contribution in [3.05, 3.63) is 63.4 Å². The third kappa shape index (κ3) is 3.00. The second-order valence-electron chi connectivity index (χ2n) is 4.51. The maximum absolute atomic E-state index is 14.1. The Labute approximate surface area is 126 Å². The Morgan fingerprint density at radius 3 is 2.55 bits per heavy atom. The summed E-state index contributed by atoms with van der Waals surface area (Å²) in [6.07, 6.45) is 0. The molecule has 1 unspecified atom stereocenters. The van der Waals surface area contributed by atoms with Crippen LogP contribution in [0, 0.1) is 12.7 Å². The molecule has 0 spiro atoms. The molecule has 0 aliphatic rings. The predicted molar refractivity (Wildman–Crippen MR) is 81.0 cm³/mol. The number of aryl methyl sites for hydroxylation is 1. The van der Waals surface area contributed by atoms with Gasteiger partial charge in [-0.25, -0.2) is 9.82 Å². The summed E-state index contributed by atoms with van der Waals surface area (Å²) in [5, 5.41) is 0. The minimum absolute atomic E-state index is 0.328. The molecule has 3 N–H and O–H groups in total. The van der Waals surface area contributed by atoms with Crippen LogP contribution in [0.4, 0.5) is 4.39 Å². The van der Waals surface area contributed by atoms with E-state index in [1.807, 2.05) is 25.1 Å². The average Bonchev–Trinajstić information content (AvgIpc) is 2.42. The second-order valence-corrected chi connectivity index (χ2v) is 5.43. The van der Waals surface area contributed by atoms with E-state index in [0.717, 1.165) is 11.1 Å². The minimum Gasteiger partial charge on any atom is -0.496 e.